The van der Waals surface area contributed by atoms with Gasteiger partial charge in [0.25, 0.3) is 5.91 Å². The van der Waals surface area contributed by atoms with Gasteiger partial charge in [-0.25, -0.2) is 0 Å². The lowest BCUT2D eigenvalue weighted by Crippen LogP contribution is -2.33. The van der Waals surface area contributed by atoms with Crippen LogP contribution in [0.2, 0.25) is 0 Å². The molecule has 0 aromatic heterocycles. The Morgan fingerprint density at radius 2 is 1.81 bits per heavy atom. The van der Waals surface area contributed by atoms with Crippen molar-refractivity contribution in [2.75, 3.05) is 25.6 Å². The van der Waals surface area contributed by atoms with E-state index in [-0.39, 0.29) is 53.7 Å². The highest BCUT2D eigenvalue weighted by atomic mass is 16.6. The Hall–Kier alpha value is -3.76. The van der Waals surface area contributed by atoms with Gasteiger partial charge < -0.3 is 14.8 Å². The minimum absolute atomic E-state index is 0.0244. The fourth-order valence-corrected chi connectivity index (χ4v) is 3.81. The zero-order chi connectivity index (χ0) is 23.4. The van der Waals surface area contributed by atoms with Crippen molar-refractivity contribution in [2.45, 2.75) is 26.2 Å². The second-order valence-electron chi connectivity index (χ2n) is 7.54. The van der Waals surface area contributed by atoms with E-state index in [1.807, 2.05) is 12.2 Å². The van der Waals surface area contributed by atoms with Gasteiger partial charge in [-0.15, -0.1) is 0 Å². The van der Waals surface area contributed by atoms with Crippen molar-refractivity contribution in [1.29, 1.82) is 0 Å². The molecule has 1 aromatic rings. The summed E-state index contributed by atoms with van der Waals surface area (Å²) in [7, 11) is 1.27. The fraction of sp³-hybridized carbons (Fsp3) is 0.429. The molecule has 0 radical (unpaired) electrons. The summed E-state index contributed by atoms with van der Waals surface area (Å²) in [4.78, 5) is 60.5. The van der Waals surface area contributed by atoms with Gasteiger partial charge in [0, 0.05) is 24.4 Å². The maximum absolute atomic E-state index is 12.4. The summed E-state index contributed by atoms with van der Waals surface area (Å²) >= 11 is 0. The summed E-state index contributed by atoms with van der Waals surface area (Å²) in [6.07, 6.45) is 4.57. The average Bonchev–Trinajstić information content (AvgIpc) is 3.01. The molecule has 1 N–H and O–H groups in total. The monoisotopic (exact) mass is 445 g/mol. The SMILES string of the molecule is COc1cc(NC(=O)COC(=O)CCN2C(=O)[C@@H]3CC=CC[C@H]3C2=O)c(C)cc1[N+](=O)[O-]. The Bertz CT molecular complexity index is 977. The zero-order valence-electron chi connectivity index (χ0n) is 17.7. The van der Waals surface area contributed by atoms with E-state index in [2.05, 4.69) is 5.32 Å². The highest BCUT2D eigenvalue weighted by Crippen LogP contribution is 2.35. The van der Waals surface area contributed by atoms with E-state index in [9.17, 15) is 29.3 Å². The number of nitrogens with one attached hydrogen (secondary N) is 1. The number of benzene rings is 1. The number of anilines is 1. The number of carbonyl (C=O) groups is 4. The molecule has 1 aliphatic carbocycles. The number of amides is 3. The van der Waals surface area contributed by atoms with E-state index < -0.39 is 23.4 Å². The first-order valence-electron chi connectivity index (χ1n) is 10.0. The van der Waals surface area contributed by atoms with E-state index in [4.69, 9.17) is 9.47 Å². The van der Waals surface area contributed by atoms with Crippen LogP contribution in [0.4, 0.5) is 11.4 Å². The Kier molecular flexibility index (Phi) is 6.86. The first-order chi connectivity index (χ1) is 15.2. The minimum Gasteiger partial charge on any atom is -0.490 e. The van der Waals surface area contributed by atoms with Crippen molar-refractivity contribution in [2.24, 2.45) is 11.8 Å². The first kappa shape index (κ1) is 22.9. The average molecular weight is 445 g/mol. The minimum atomic E-state index is -0.730. The largest absolute Gasteiger partial charge is 0.490 e. The molecular weight excluding hydrogens is 422 g/mol. The predicted molar refractivity (Wildman–Crippen MR) is 111 cm³/mol. The lowest BCUT2D eigenvalue weighted by atomic mass is 9.85. The summed E-state index contributed by atoms with van der Waals surface area (Å²) in [6.45, 7) is 0.893. The lowest BCUT2D eigenvalue weighted by molar-refractivity contribution is -0.385. The van der Waals surface area contributed by atoms with Crippen molar-refractivity contribution in [1.82, 2.24) is 4.90 Å². The maximum atomic E-state index is 12.4. The van der Waals surface area contributed by atoms with E-state index in [1.54, 1.807) is 6.92 Å². The van der Waals surface area contributed by atoms with Crippen LogP contribution in [-0.2, 0) is 23.9 Å². The number of nitro benzene ring substituents is 1. The Morgan fingerprint density at radius 1 is 1.19 bits per heavy atom. The molecule has 11 nitrogen and oxygen atoms in total. The molecule has 32 heavy (non-hydrogen) atoms. The normalized spacial score (nSPS) is 19.5. The van der Waals surface area contributed by atoms with Crippen molar-refractivity contribution in [3.8, 4) is 5.75 Å². The predicted octanol–water partition coefficient (Wildman–Crippen LogP) is 1.73. The standard InChI is InChI=1S/C21H23N3O8/c1-12-9-16(24(29)30)17(31-2)10-15(12)22-18(25)11-32-19(26)7-8-23-20(27)13-5-3-4-6-14(13)21(23)28/h3-4,9-10,13-14H,5-8,11H2,1-2H3,(H,22,25)/t13-,14-/m1/s1. The number of imide groups is 1. The maximum Gasteiger partial charge on any atom is 0.311 e. The molecule has 1 saturated heterocycles. The van der Waals surface area contributed by atoms with Gasteiger partial charge in [-0.3, -0.25) is 34.2 Å². The Balaban J connectivity index is 1.49. The highest BCUT2D eigenvalue weighted by molar-refractivity contribution is 6.05. The van der Waals surface area contributed by atoms with Crippen molar-refractivity contribution in [3.63, 3.8) is 0 Å². The molecule has 3 amide bonds. The number of esters is 1. The molecule has 2 aliphatic rings. The molecule has 0 bridgehead atoms. The van der Waals surface area contributed by atoms with E-state index in [0.29, 0.717) is 18.4 Å². The van der Waals surface area contributed by atoms with Crippen LogP contribution >= 0.6 is 0 Å². The number of hydrogen-bond acceptors (Lipinski definition) is 8. The second-order valence-corrected chi connectivity index (χ2v) is 7.54. The number of nitrogens with zero attached hydrogens (tertiary/aromatic N) is 2. The number of aryl methyl sites for hydroxylation is 1. The number of carbonyl (C=O) groups excluding carboxylic acids is 4. The second kappa shape index (κ2) is 9.58. The number of fused-ring (bicyclic) bond motifs is 1. The molecule has 0 spiro atoms. The van der Waals surface area contributed by atoms with Gasteiger partial charge in [0.15, 0.2) is 12.4 Å². The molecule has 0 saturated carbocycles. The molecule has 1 heterocycles. The van der Waals surface area contributed by atoms with Crippen molar-refractivity contribution < 1.29 is 33.6 Å². The van der Waals surface area contributed by atoms with Gasteiger partial charge >= 0.3 is 11.7 Å². The van der Waals surface area contributed by atoms with Gasteiger partial charge in [-0.05, 0) is 25.3 Å². The molecule has 11 heteroatoms. The third-order valence-corrected chi connectivity index (χ3v) is 5.50. The molecule has 170 valence electrons. The van der Waals surface area contributed by atoms with Crippen LogP contribution in [0, 0.1) is 28.9 Å². The molecule has 1 fully saturated rings. The molecule has 0 unspecified atom stereocenters. The number of allylic oxidation sites excluding steroid dienone is 2. The van der Waals surface area contributed by atoms with Gasteiger partial charge in [0.2, 0.25) is 11.8 Å². The zero-order valence-corrected chi connectivity index (χ0v) is 17.7. The molecular formula is C21H23N3O8. The first-order valence-corrected chi connectivity index (χ1v) is 10.0. The molecule has 3 rings (SSSR count). The van der Waals surface area contributed by atoms with E-state index in [0.717, 1.165) is 4.90 Å². The van der Waals surface area contributed by atoms with Crippen LogP contribution in [0.15, 0.2) is 24.3 Å². The van der Waals surface area contributed by atoms with Crippen molar-refractivity contribution in [3.05, 3.63) is 40.0 Å². The number of hydrogen-bond donors (Lipinski definition) is 1. The number of nitro groups is 1. The number of rotatable bonds is 8. The van der Waals surface area contributed by atoms with Gasteiger partial charge in [-0.2, -0.15) is 0 Å². The summed E-state index contributed by atoms with van der Waals surface area (Å²) < 4.78 is 9.90. The highest BCUT2D eigenvalue weighted by Gasteiger charge is 2.46. The third-order valence-electron chi connectivity index (χ3n) is 5.50. The fourth-order valence-electron chi connectivity index (χ4n) is 3.81. The molecule has 1 aromatic carbocycles. The van der Waals surface area contributed by atoms with Crippen LogP contribution in [0.5, 0.6) is 5.75 Å². The smallest absolute Gasteiger partial charge is 0.311 e. The molecule has 2 atom stereocenters. The summed E-state index contributed by atoms with van der Waals surface area (Å²) in [6, 6.07) is 2.57. The Labute approximate surface area is 183 Å². The number of likely N-dealkylation sites (tertiary alicyclic amines) is 1. The quantitative estimate of drug-likeness (QED) is 0.209. The van der Waals surface area contributed by atoms with Crippen LogP contribution in [-0.4, -0.2) is 53.8 Å². The van der Waals surface area contributed by atoms with Crippen LogP contribution in [0.3, 0.4) is 0 Å². The van der Waals surface area contributed by atoms with E-state index >= 15 is 0 Å². The molecule has 1 aliphatic heterocycles. The topological polar surface area (TPSA) is 145 Å². The van der Waals surface area contributed by atoms with Gasteiger partial charge in [0.05, 0.1) is 30.3 Å². The van der Waals surface area contributed by atoms with Crippen molar-refractivity contribution >= 4 is 35.1 Å². The summed E-state index contributed by atoms with van der Waals surface area (Å²) in [5.74, 6) is -2.69. The lowest BCUT2D eigenvalue weighted by Gasteiger charge is -2.14. The third kappa shape index (κ3) is 4.76. The number of methoxy groups -OCH3 is 1. The summed E-state index contributed by atoms with van der Waals surface area (Å²) in [5.41, 5.74) is 0.466. The van der Waals surface area contributed by atoms with Crippen LogP contribution < -0.4 is 10.1 Å². The summed E-state index contributed by atoms with van der Waals surface area (Å²) in [5, 5.41) is 13.6. The van der Waals surface area contributed by atoms with Crippen LogP contribution in [0.1, 0.15) is 24.8 Å². The Morgan fingerprint density at radius 3 is 2.38 bits per heavy atom. The van der Waals surface area contributed by atoms with E-state index in [1.165, 1.54) is 19.2 Å². The van der Waals surface area contributed by atoms with Gasteiger partial charge in [-0.1, -0.05) is 12.2 Å². The van der Waals surface area contributed by atoms with Gasteiger partial charge in [0.1, 0.15) is 0 Å². The van der Waals surface area contributed by atoms with Crippen LogP contribution in [0.25, 0.3) is 0 Å². The number of ether oxygens (including phenoxy) is 2.